The molecule has 156 valence electrons. The van der Waals surface area contributed by atoms with Gasteiger partial charge in [0.2, 0.25) is 5.91 Å². The first-order chi connectivity index (χ1) is 13.3. The van der Waals surface area contributed by atoms with Crippen molar-refractivity contribution in [3.05, 3.63) is 58.1 Å². The molecule has 0 saturated heterocycles. The Bertz CT molecular complexity index is 987. The van der Waals surface area contributed by atoms with Crippen LogP contribution in [0.4, 0.5) is 5.13 Å². The average molecular weight is 452 g/mol. The van der Waals surface area contributed by atoms with Crippen molar-refractivity contribution in [2.24, 2.45) is 0 Å². The molecule has 0 aliphatic rings. The fraction of sp³-hybridized carbons (Fsp3) is 0.364. The number of para-hydroxylation sites is 1. The van der Waals surface area contributed by atoms with E-state index in [0.717, 1.165) is 33.9 Å². The Kier molecular flexibility index (Phi) is 8.46. The molecular weight excluding hydrogens is 425 g/mol. The minimum Gasteiger partial charge on any atom is -0.309 e. The third-order valence-corrected chi connectivity index (χ3v) is 6.15. The van der Waals surface area contributed by atoms with E-state index >= 15 is 0 Å². The van der Waals surface area contributed by atoms with Gasteiger partial charge in [-0.15, -0.1) is 12.4 Å². The van der Waals surface area contributed by atoms with Crippen LogP contribution in [-0.2, 0) is 11.2 Å². The van der Waals surface area contributed by atoms with E-state index < -0.39 is 0 Å². The zero-order chi connectivity index (χ0) is 20.3. The topological polar surface area (TPSA) is 36.4 Å². The summed E-state index contributed by atoms with van der Waals surface area (Å²) in [5.74, 6) is 0.0668. The van der Waals surface area contributed by atoms with Crippen LogP contribution in [0, 0.1) is 13.8 Å². The van der Waals surface area contributed by atoms with Gasteiger partial charge in [0.15, 0.2) is 5.13 Å². The van der Waals surface area contributed by atoms with Gasteiger partial charge in [0.1, 0.15) is 5.52 Å². The molecule has 1 aromatic heterocycles. The maximum Gasteiger partial charge on any atom is 0.233 e. The van der Waals surface area contributed by atoms with Gasteiger partial charge in [-0.2, -0.15) is 0 Å². The highest BCUT2D eigenvalue weighted by Crippen LogP contribution is 2.33. The van der Waals surface area contributed by atoms with E-state index in [1.807, 2.05) is 43.3 Å². The van der Waals surface area contributed by atoms with Gasteiger partial charge in [-0.05, 0) is 69.7 Å². The molecule has 2 aromatic carbocycles. The predicted octanol–water partition coefficient (Wildman–Crippen LogP) is 5.52. The normalized spacial score (nSPS) is 11.0. The summed E-state index contributed by atoms with van der Waals surface area (Å²) in [6.45, 7) is 5.71. The van der Waals surface area contributed by atoms with Crippen molar-refractivity contribution >= 4 is 56.6 Å². The molecule has 0 N–H and O–H groups in total. The lowest BCUT2D eigenvalue weighted by Crippen LogP contribution is -2.34. The van der Waals surface area contributed by atoms with Crippen LogP contribution in [0.25, 0.3) is 10.2 Å². The highest BCUT2D eigenvalue weighted by molar-refractivity contribution is 7.22. The smallest absolute Gasteiger partial charge is 0.233 e. The Morgan fingerprint density at radius 1 is 1.10 bits per heavy atom. The monoisotopic (exact) mass is 451 g/mol. The second kappa shape index (κ2) is 10.4. The molecule has 0 atom stereocenters. The number of rotatable bonds is 7. The predicted molar refractivity (Wildman–Crippen MR) is 127 cm³/mol. The number of aryl methyl sites for hydroxylation is 2. The Morgan fingerprint density at radius 2 is 1.86 bits per heavy atom. The van der Waals surface area contributed by atoms with Crippen LogP contribution in [0.5, 0.6) is 0 Å². The van der Waals surface area contributed by atoms with Gasteiger partial charge in [-0.3, -0.25) is 9.69 Å². The maximum absolute atomic E-state index is 13.2. The van der Waals surface area contributed by atoms with Gasteiger partial charge in [0.25, 0.3) is 0 Å². The number of halogens is 2. The van der Waals surface area contributed by atoms with Gasteiger partial charge < -0.3 is 4.90 Å². The number of carbonyl (C=O) groups is 1. The molecule has 4 nitrogen and oxygen atoms in total. The summed E-state index contributed by atoms with van der Waals surface area (Å²) in [4.78, 5) is 21.8. The second-order valence-corrected chi connectivity index (χ2v) is 8.80. The number of hydrogen-bond acceptors (Lipinski definition) is 4. The summed E-state index contributed by atoms with van der Waals surface area (Å²) in [6, 6.07) is 12.0. The quantitative estimate of drug-likeness (QED) is 0.474. The molecule has 0 radical (unpaired) electrons. The van der Waals surface area contributed by atoms with Crippen LogP contribution >= 0.6 is 35.3 Å². The van der Waals surface area contributed by atoms with Crippen LogP contribution in [0.2, 0.25) is 5.02 Å². The number of aromatic nitrogens is 1. The zero-order valence-corrected chi connectivity index (χ0v) is 19.6. The second-order valence-electron chi connectivity index (χ2n) is 7.38. The van der Waals surface area contributed by atoms with Crippen molar-refractivity contribution in [1.82, 2.24) is 9.88 Å². The summed E-state index contributed by atoms with van der Waals surface area (Å²) in [5, 5.41) is 1.34. The lowest BCUT2D eigenvalue weighted by molar-refractivity contribution is -0.118. The summed E-state index contributed by atoms with van der Waals surface area (Å²) < 4.78 is 0.999. The van der Waals surface area contributed by atoms with Gasteiger partial charge in [0.05, 0.1) is 16.1 Å². The molecule has 29 heavy (non-hydrogen) atoms. The molecule has 0 spiro atoms. The van der Waals surface area contributed by atoms with E-state index in [1.54, 1.807) is 0 Å². The highest BCUT2D eigenvalue weighted by atomic mass is 35.5. The summed E-state index contributed by atoms with van der Waals surface area (Å²) >= 11 is 7.82. The Balaban J connectivity index is 0.00000300. The number of amides is 1. The number of anilines is 1. The molecule has 0 aliphatic carbocycles. The van der Waals surface area contributed by atoms with Gasteiger partial charge in [-0.1, -0.05) is 47.2 Å². The van der Waals surface area contributed by atoms with Crippen LogP contribution in [0.3, 0.4) is 0 Å². The SMILES string of the molecule is Cc1ccc(CC(=O)N(CCCN(C)C)c2nc3c(Cl)cccc3s2)cc1C.Cl. The fourth-order valence-electron chi connectivity index (χ4n) is 3.07. The minimum absolute atomic E-state index is 0. The van der Waals surface area contributed by atoms with Crippen molar-refractivity contribution in [3.63, 3.8) is 0 Å². The summed E-state index contributed by atoms with van der Waals surface area (Å²) in [5.41, 5.74) is 4.24. The number of thiazole rings is 1. The van der Waals surface area contributed by atoms with Gasteiger partial charge >= 0.3 is 0 Å². The highest BCUT2D eigenvalue weighted by Gasteiger charge is 2.20. The number of hydrogen-bond donors (Lipinski definition) is 0. The van der Waals surface area contributed by atoms with Crippen molar-refractivity contribution in [1.29, 1.82) is 0 Å². The van der Waals surface area contributed by atoms with E-state index in [0.29, 0.717) is 18.0 Å². The van der Waals surface area contributed by atoms with E-state index in [4.69, 9.17) is 11.6 Å². The molecule has 7 heteroatoms. The molecule has 0 bridgehead atoms. The number of benzene rings is 2. The molecule has 3 aromatic rings. The average Bonchev–Trinajstić information content (AvgIpc) is 3.07. The fourth-order valence-corrected chi connectivity index (χ4v) is 4.38. The Morgan fingerprint density at radius 3 is 2.52 bits per heavy atom. The standard InChI is InChI=1S/C22H26ClN3OS.ClH/c1-15-9-10-17(13-16(15)2)14-20(27)26(12-6-11-25(3)4)22-24-21-18(23)7-5-8-19(21)28-22;/h5,7-10,13H,6,11-12,14H2,1-4H3;1H. The van der Waals surface area contributed by atoms with Gasteiger partial charge in [-0.25, -0.2) is 4.98 Å². The largest absolute Gasteiger partial charge is 0.309 e. The van der Waals surface area contributed by atoms with Crippen LogP contribution in [0.1, 0.15) is 23.1 Å². The third kappa shape index (κ3) is 5.92. The molecule has 1 heterocycles. The number of carbonyl (C=O) groups excluding carboxylic acids is 1. The summed E-state index contributed by atoms with van der Waals surface area (Å²) in [7, 11) is 4.08. The van der Waals surface area contributed by atoms with E-state index in [9.17, 15) is 4.79 Å². The first-order valence-electron chi connectivity index (χ1n) is 9.41. The van der Waals surface area contributed by atoms with E-state index in [2.05, 4.69) is 35.9 Å². The molecule has 0 aliphatic heterocycles. The minimum atomic E-state index is 0. The summed E-state index contributed by atoms with van der Waals surface area (Å²) in [6.07, 6.45) is 1.25. The molecular formula is C22H27Cl2N3OS. The first-order valence-corrected chi connectivity index (χ1v) is 10.6. The van der Waals surface area contributed by atoms with Crippen molar-refractivity contribution in [2.45, 2.75) is 26.7 Å². The van der Waals surface area contributed by atoms with Crippen LogP contribution in [0.15, 0.2) is 36.4 Å². The van der Waals surface area contributed by atoms with E-state index in [-0.39, 0.29) is 18.3 Å². The lowest BCUT2D eigenvalue weighted by atomic mass is 10.0. The molecule has 0 unspecified atom stereocenters. The van der Waals surface area contributed by atoms with Crippen LogP contribution in [-0.4, -0.2) is 43.0 Å². The van der Waals surface area contributed by atoms with Crippen molar-refractivity contribution in [2.75, 3.05) is 32.1 Å². The molecule has 1 amide bonds. The maximum atomic E-state index is 13.2. The van der Waals surface area contributed by atoms with Gasteiger partial charge in [0, 0.05) is 6.54 Å². The van der Waals surface area contributed by atoms with Crippen LogP contribution < -0.4 is 4.90 Å². The number of fused-ring (bicyclic) bond motifs is 1. The number of nitrogens with zero attached hydrogens (tertiary/aromatic N) is 3. The Hall–Kier alpha value is -1.66. The van der Waals surface area contributed by atoms with E-state index in [1.165, 1.54) is 22.5 Å². The molecule has 3 rings (SSSR count). The Labute approximate surface area is 187 Å². The van der Waals surface area contributed by atoms with Crippen molar-refractivity contribution in [3.8, 4) is 0 Å². The third-order valence-electron chi connectivity index (χ3n) is 4.80. The van der Waals surface area contributed by atoms with Crippen molar-refractivity contribution < 1.29 is 4.79 Å². The zero-order valence-electron chi connectivity index (χ0n) is 17.2. The molecule has 0 fully saturated rings. The lowest BCUT2D eigenvalue weighted by Gasteiger charge is -2.21. The molecule has 0 saturated carbocycles. The first kappa shape index (κ1) is 23.6.